The maximum Gasteiger partial charge on any atom is 0.177 e. The van der Waals surface area contributed by atoms with Crippen molar-refractivity contribution < 1.29 is 0 Å². The first-order valence-electron chi connectivity index (χ1n) is 7.46. The smallest absolute Gasteiger partial charge is 0.177 e. The van der Waals surface area contributed by atoms with E-state index in [0.29, 0.717) is 17.9 Å². The molecule has 0 radical (unpaired) electrons. The molecule has 2 N–H and O–H groups in total. The molecular weight excluding hydrogens is 248 g/mol. The molecule has 0 saturated heterocycles. The van der Waals surface area contributed by atoms with Gasteiger partial charge in [-0.25, -0.2) is 9.97 Å². The summed E-state index contributed by atoms with van der Waals surface area (Å²) in [6, 6.07) is 4.36. The third-order valence-corrected chi connectivity index (χ3v) is 5.51. The van der Waals surface area contributed by atoms with E-state index in [1.54, 1.807) is 0 Å². The first kappa shape index (κ1) is 13.6. The van der Waals surface area contributed by atoms with E-state index >= 15 is 0 Å². The van der Waals surface area contributed by atoms with Crippen molar-refractivity contribution in [2.75, 3.05) is 0 Å². The van der Waals surface area contributed by atoms with Crippen LogP contribution in [0.3, 0.4) is 0 Å². The number of aryl methyl sites for hydroxylation is 1. The summed E-state index contributed by atoms with van der Waals surface area (Å²) < 4.78 is 2.21. The summed E-state index contributed by atoms with van der Waals surface area (Å²) in [5, 5.41) is 0. The summed E-state index contributed by atoms with van der Waals surface area (Å²) in [7, 11) is 2.10. The third-order valence-electron chi connectivity index (χ3n) is 5.51. The molecule has 1 aliphatic carbocycles. The second-order valence-corrected chi connectivity index (χ2v) is 6.78. The van der Waals surface area contributed by atoms with Gasteiger partial charge in [0.2, 0.25) is 0 Å². The Labute approximate surface area is 120 Å². The molecule has 2 heterocycles. The summed E-state index contributed by atoms with van der Waals surface area (Å²) in [6.07, 6.45) is 3.99. The molecule has 0 bridgehead atoms. The van der Waals surface area contributed by atoms with Gasteiger partial charge in [-0.05, 0) is 36.3 Å². The van der Waals surface area contributed by atoms with Gasteiger partial charge in [-0.1, -0.05) is 20.8 Å². The number of fused-ring (bicyclic) bond motifs is 1. The van der Waals surface area contributed by atoms with E-state index in [2.05, 4.69) is 43.4 Å². The standard InChI is InChI=1S/C16H24N4/c1-10-12(17)8-7-11(16(10,2)3)15-19-14-13(20(15)4)6-5-9-18-14/h5-6,9-12H,7-8,17H2,1-4H3. The first-order chi connectivity index (χ1) is 9.43. The Balaban J connectivity index is 2.08. The lowest BCUT2D eigenvalue weighted by Gasteiger charge is -2.46. The van der Waals surface area contributed by atoms with Crippen LogP contribution in [0.1, 0.15) is 45.4 Å². The van der Waals surface area contributed by atoms with Crippen LogP contribution in [0.5, 0.6) is 0 Å². The molecule has 1 fully saturated rings. The van der Waals surface area contributed by atoms with Gasteiger partial charge in [0.05, 0.1) is 5.52 Å². The van der Waals surface area contributed by atoms with Crippen molar-refractivity contribution in [3.63, 3.8) is 0 Å². The van der Waals surface area contributed by atoms with Crippen LogP contribution < -0.4 is 5.73 Å². The van der Waals surface area contributed by atoms with Crippen molar-refractivity contribution in [1.82, 2.24) is 14.5 Å². The molecule has 0 spiro atoms. The molecule has 0 amide bonds. The molecular formula is C16H24N4. The van der Waals surface area contributed by atoms with Gasteiger partial charge in [-0.3, -0.25) is 0 Å². The summed E-state index contributed by atoms with van der Waals surface area (Å²) in [5.74, 6) is 2.09. The highest BCUT2D eigenvalue weighted by atomic mass is 15.1. The first-order valence-corrected chi connectivity index (χ1v) is 7.46. The summed E-state index contributed by atoms with van der Waals surface area (Å²) in [4.78, 5) is 9.18. The third kappa shape index (κ3) is 1.85. The van der Waals surface area contributed by atoms with Gasteiger partial charge in [0.1, 0.15) is 5.82 Å². The Bertz CT molecular complexity index is 628. The second-order valence-electron chi connectivity index (χ2n) is 6.78. The molecule has 2 aromatic heterocycles. The Morgan fingerprint density at radius 3 is 2.80 bits per heavy atom. The van der Waals surface area contributed by atoms with Gasteiger partial charge >= 0.3 is 0 Å². The molecule has 1 saturated carbocycles. The highest BCUT2D eigenvalue weighted by Gasteiger charge is 2.44. The number of hydrogen-bond acceptors (Lipinski definition) is 3. The number of nitrogens with zero attached hydrogens (tertiary/aromatic N) is 3. The lowest BCUT2D eigenvalue weighted by Crippen LogP contribution is -2.46. The van der Waals surface area contributed by atoms with Gasteiger partial charge in [0.15, 0.2) is 5.65 Å². The molecule has 2 aromatic rings. The van der Waals surface area contributed by atoms with Crippen LogP contribution in [0, 0.1) is 11.3 Å². The molecule has 0 aliphatic heterocycles. The van der Waals surface area contributed by atoms with Crippen molar-refractivity contribution in [3.05, 3.63) is 24.2 Å². The van der Waals surface area contributed by atoms with Crippen LogP contribution in [-0.2, 0) is 7.05 Å². The molecule has 4 nitrogen and oxygen atoms in total. The maximum atomic E-state index is 6.27. The Hall–Kier alpha value is -1.42. The van der Waals surface area contributed by atoms with E-state index in [1.807, 2.05) is 12.3 Å². The van der Waals surface area contributed by atoms with Crippen molar-refractivity contribution in [3.8, 4) is 0 Å². The quantitative estimate of drug-likeness (QED) is 0.868. The number of hydrogen-bond donors (Lipinski definition) is 1. The normalized spacial score (nSPS) is 29.8. The summed E-state index contributed by atoms with van der Waals surface area (Å²) >= 11 is 0. The average molecular weight is 272 g/mol. The van der Waals surface area contributed by atoms with Crippen LogP contribution in [0.4, 0.5) is 0 Å². The van der Waals surface area contributed by atoms with Crippen LogP contribution in [0.25, 0.3) is 11.2 Å². The number of imidazole rings is 1. The fourth-order valence-electron chi connectivity index (χ4n) is 3.67. The highest BCUT2D eigenvalue weighted by molar-refractivity contribution is 5.71. The number of pyridine rings is 1. The molecule has 4 heteroatoms. The maximum absolute atomic E-state index is 6.27. The van der Waals surface area contributed by atoms with Gasteiger partial charge < -0.3 is 10.3 Å². The summed E-state index contributed by atoms with van der Waals surface area (Å²) in [5.41, 5.74) is 8.39. The van der Waals surface area contributed by atoms with Crippen molar-refractivity contribution >= 4 is 11.2 Å². The zero-order valence-corrected chi connectivity index (χ0v) is 12.8. The fraction of sp³-hybridized carbons (Fsp3) is 0.625. The SMILES string of the molecule is CC1C(N)CCC(c2nc3ncccc3n2C)C1(C)C. The minimum atomic E-state index is 0.160. The van der Waals surface area contributed by atoms with E-state index in [-0.39, 0.29) is 5.41 Å². The minimum Gasteiger partial charge on any atom is -0.329 e. The monoisotopic (exact) mass is 272 g/mol. The van der Waals surface area contributed by atoms with Crippen LogP contribution in [0.15, 0.2) is 18.3 Å². The number of nitrogens with two attached hydrogens (primary N) is 1. The van der Waals surface area contributed by atoms with Crippen molar-refractivity contribution in [1.29, 1.82) is 0 Å². The Morgan fingerprint density at radius 2 is 2.10 bits per heavy atom. The van der Waals surface area contributed by atoms with Gasteiger partial charge in [-0.2, -0.15) is 0 Å². The van der Waals surface area contributed by atoms with Crippen molar-refractivity contribution in [2.24, 2.45) is 24.1 Å². The molecule has 20 heavy (non-hydrogen) atoms. The average Bonchev–Trinajstić information content (AvgIpc) is 2.74. The van der Waals surface area contributed by atoms with Crippen LogP contribution >= 0.6 is 0 Å². The van der Waals surface area contributed by atoms with Crippen LogP contribution in [0.2, 0.25) is 0 Å². The van der Waals surface area contributed by atoms with Gasteiger partial charge in [0.25, 0.3) is 0 Å². The zero-order chi connectivity index (χ0) is 14.5. The Morgan fingerprint density at radius 1 is 1.35 bits per heavy atom. The van der Waals surface area contributed by atoms with E-state index in [1.165, 1.54) is 0 Å². The van der Waals surface area contributed by atoms with Crippen molar-refractivity contribution in [2.45, 2.75) is 45.6 Å². The largest absolute Gasteiger partial charge is 0.329 e. The summed E-state index contributed by atoms with van der Waals surface area (Å²) in [6.45, 7) is 6.93. The van der Waals surface area contributed by atoms with E-state index in [9.17, 15) is 0 Å². The van der Waals surface area contributed by atoms with E-state index in [0.717, 1.165) is 29.8 Å². The van der Waals surface area contributed by atoms with Crippen LogP contribution in [-0.4, -0.2) is 20.6 Å². The minimum absolute atomic E-state index is 0.160. The molecule has 3 unspecified atom stereocenters. The topological polar surface area (TPSA) is 56.7 Å². The molecule has 1 aliphatic rings. The molecule has 108 valence electrons. The van der Waals surface area contributed by atoms with E-state index < -0.39 is 0 Å². The predicted molar refractivity (Wildman–Crippen MR) is 81.4 cm³/mol. The molecule has 3 rings (SSSR count). The Kier molecular flexibility index (Phi) is 3.09. The zero-order valence-electron chi connectivity index (χ0n) is 12.8. The van der Waals surface area contributed by atoms with Gasteiger partial charge in [0, 0.05) is 25.2 Å². The molecule has 0 aromatic carbocycles. The fourth-order valence-corrected chi connectivity index (χ4v) is 3.67. The second kappa shape index (κ2) is 4.55. The lowest BCUT2D eigenvalue weighted by atomic mass is 9.61. The predicted octanol–water partition coefficient (Wildman–Crippen LogP) is 2.84. The van der Waals surface area contributed by atoms with E-state index in [4.69, 9.17) is 10.7 Å². The lowest BCUT2D eigenvalue weighted by molar-refractivity contribution is 0.0936. The number of rotatable bonds is 1. The molecule has 3 atom stereocenters. The van der Waals surface area contributed by atoms with Gasteiger partial charge in [-0.15, -0.1) is 0 Å². The number of aromatic nitrogens is 3. The highest BCUT2D eigenvalue weighted by Crippen LogP contribution is 2.49.